The number of benzene rings is 4. The molecule has 4 aromatic rings. The van der Waals surface area contributed by atoms with Crippen LogP contribution in [0.4, 0.5) is 0 Å². The molecule has 0 heterocycles. The fourth-order valence-electron chi connectivity index (χ4n) is 3.58. The van der Waals surface area contributed by atoms with Crippen molar-refractivity contribution in [3.63, 3.8) is 0 Å². The van der Waals surface area contributed by atoms with Gasteiger partial charge < -0.3 is 0 Å². The normalized spacial score (nSPS) is 11.1. The van der Waals surface area contributed by atoms with Crippen LogP contribution in [0.2, 0.25) is 0 Å². The van der Waals surface area contributed by atoms with E-state index in [4.69, 9.17) is 0 Å². The Morgan fingerprint density at radius 2 is 0.767 bits per heavy atom. The van der Waals surface area contributed by atoms with Gasteiger partial charge in [0.15, 0.2) is 0 Å². The van der Waals surface area contributed by atoms with Crippen molar-refractivity contribution < 1.29 is 0 Å². The van der Waals surface area contributed by atoms with Gasteiger partial charge in [0.05, 0.1) is 4.58 Å². The minimum atomic E-state index is 0.412. The number of thioether (sulfide) groups is 2. The molecule has 0 unspecified atom stereocenters. The van der Waals surface area contributed by atoms with Crippen LogP contribution in [0.5, 0.6) is 0 Å². The highest BCUT2D eigenvalue weighted by Crippen LogP contribution is 2.42. The highest BCUT2D eigenvalue weighted by molar-refractivity contribution is 8.17. The lowest BCUT2D eigenvalue weighted by atomic mass is 9.94. The minimum absolute atomic E-state index is 0.412. The molecule has 0 radical (unpaired) electrons. The summed E-state index contributed by atoms with van der Waals surface area (Å²) in [6, 6.07) is 43.5. The van der Waals surface area contributed by atoms with Gasteiger partial charge in [-0.05, 0) is 54.2 Å². The average Bonchev–Trinajstić information content (AvgIpc) is 2.81. The first-order chi connectivity index (χ1) is 14.9. The van der Waals surface area contributed by atoms with E-state index in [-0.39, 0.29) is 0 Å². The van der Waals surface area contributed by atoms with Crippen LogP contribution in [-0.4, -0.2) is 4.58 Å². The Labute approximate surface area is 188 Å². The minimum Gasteiger partial charge on any atom is -0.111 e. The molecule has 0 aliphatic carbocycles. The van der Waals surface area contributed by atoms with Crippen molar-refractivity contribution in [1.82, 2.24) is 0 Å². The maximum absolute atomic E-state index is 2.26. The molecule has 30 heavy (non-hydrogen) atoms. The lowest BCUT2D eigenvalue weighted by Crippen LogP contribution is -2.20. The molecule has 0 N–H and O–H groups in total. The zero-order valence-corrected chi connectivity index (χ0v) is 18.6. The molecule has 0 aliphatic rings. The van der Waals surface area contributed by atoms with E-state index in [9.17, 15) is 0 Å². The van der Waals surface area contributed by atoms with Crippen LogP contribution in [0.3, 0.4) is 0 Å². The van der Waals surface area contributed by atoms with Gasteiger partial charge in [0, 0.05) is 9.79 Å². The predicted molar refractivity (Wildman–Crippen MR) is 132 cm³/mol. The van der Waals surface area contributed by atoms with Crippen molar-refractivity contribution in [3.05, 3.63) is 132 Å². The quantitative estimate of drug-likeness (QED) is 0.196. The third-order valence-corrected chi connectivity index (χ3v) is 7.96. The van der Waals surface area contributed by atoms with Gasteiger partial charge in [0.2, 0.25) is 0 Å². The summed E-state index contributed by atoms with van der Waals surface area (Å²) in [6.07, 6.45) is 2.14. The fraction of sp³-hybridized carbons (Fsp3) is 0.143. The summed E-state index contributed by atoms with van der Waals surface area (Å²) in [4.78, 5) is 2.66. The molecule has 0 aliphatic heterocycles. The molecule has 150 valence electrons. The fourth-order valence-corrected chi connectivity index (χ4v) is 6.38. The van der Waals surface area contributed by atoms with Crippen LogP contribution in [0.1, 0.15) is 11.1 Å². The lowest BCUT2D eigenvalue weighted by molar-refractivity contribution is 0.567. The van der Waals surface area contributed by atoms with Crippen LogP contribution in [0.15, 0.2) is 131 Å². The first-order valence-electron chi connectivity index (χ1n) is 10.4. The third-order valence-electron chi connectivity index (χ3n) is 5.06. The van der Waals surface area contributed by atoms with E-state index in [1.54, 1.807) is 0 Å². The summed E-state index contributed by atoms with van der Waals surface area (Å²) in [5.41, 5.74) is 2.82. The highest BCUT2D eigenvalue weighted by atomic mass is 32.2. The van der Waals surface area contributed by atoms with Crippen molar-refractivity contribution >= 4 is 23.5 Å². The monoisotopic (exact) mass is 426 g/mol. The van der Waals surface area contributed by atoms with Gasteiger partial charge in [-0.1, -0.05) is 97.1 Å². The van der Waals surface area contributed by atoms with Crippen LogP contribution in [0, 0.1) is 5.92 Å². The summed E-state index contributed by atoms with van der Waals surface area (Å²) in [5.74, 6) is 0.505. The summed E-state index contributed by atoms with van der Waals surface area (Å²) in [7, 11) is 0. The Balaban J connectivity index is 1.64. The van der Waals surface area contributed by atoms with Gasteiger partial charge in [-0.3, -0.25) is 0 Å². The molecule has 0 amide bonds. The molecule has 0 bridgehead atoms. The van der Waals surface area contributed by atoms with E-state index in [0.29, 0.717) is 10.5 Å². The zero-order valence-electron chi connectivity index (χ0n) is 16.9. The molecular formula is C28H26S2. The highest BCUT2D eigenvalue weighted by Gasteiger charge is 2.25. The summed E-state index contributed by atoms with van der Waals surface area (Å²) < 4.78 is 0.412. The SMILES string of the molecule is c1ccc(CC(Cc2ccccc2)C(Sc2ccccc2)Sc2ccccc2)cc1. The number of rotatable bonds is 9. The molecule has 4 rings (SSSR count). The Hall–Kier alpha value is -2.42. The first kappa shape index (κ1) is 20.8. The second-order valence-corrected chi connectivity index (χ2v) is 10.1. The van der Waals surface area contributed by atoms with Gasteiger partial charge in [-0.25, -0.2) is 0 Å². The Kier molecular flexibility index (Phi) is 7.71. The van der Waals surface area contributed by atoms with Gasteiger partial charge in [-0.2, -0.15) is 0 Å². The van der Waals surface area contributed by atoms with Crippen molar-refractivity contribution in [1.29, 1.82) is 0 Å². The van der Waals surface area contributed by atoms with E-state index in [1.807, 2.05) is 23.5 Å². The maximum atomic E-state index is 2.26. The molecule has 2 heteroatoms. The molecule has 0 aromatic heterocycles. The van der Waals surface area contributed by atoms with E-state index in [0.717, 1.165) is 12.8 Å². The number of hydrogen-bond donors (Lipinski definition) is 0. The second kappa shape index (κ2) is 11.1. The van der Waals surface area contributed by atoms with Gasteiger partial charge in [0.25, 0.3) is 0 Å². The maximum Gasteiger partial charge on any atom is 0.0631 e. The summed E-state index contributed by atoms with van der Waals surface area (Å²) in [6.45, 7) is 0. The predicted octanol–water partition coefficient (Wildman–Crippen LogP) is 8.00. The van der Waals surface area contributed by atoms with Crippen LogP contribution in [0.25, 0.3) is 0 Å². The third kappa shape index (κ3) is 6.29. The molecule has 4 aromatic carbocycles. The standard InChI is InChI=1S/C28H26S2/c1-5-13-23(14-6-1)21-25(22-24-15-7-2-8-16-24)28(29-26-17-9-3-10-18-26)30-27-19-11-4-12-20-27/h1-20,25,28H,21-22H2. The van der Waals surface area contributed by atoms with Crippen LogP contribution in [-0.2, 0) is 12.8 Å². The summed E-state index contributed by atoms with van der Waals surface area (Å²) in [5, 5.41) is 0. The van der Waals surface area contributed by atoms with Crippen molar-refractivity contribution in [3.8, 4) is 0 Å². The zero-order chi connectivity index (χ0) is 20.4. The van der Waals surface area contributed by atoms with Gasteiger partial charge in [-0.15, -0.1) is 23.5 Å². The molecule has 0 nitrogen and oxygen atoms in total. The average molecular weight is 427 g/mol. The van der Waals surface area contributed by atoms with Crippen molar-refractivity contribution in [2.45, 2.75) is 27.2 Å². The van der Waals surface area contributed by atoms with Crippen LogP contribution >= 0.6 is 23.5 Å². The first-order valence-corrected chi connectivity index (χ1v) is 12.1. The molecule has 0 spiro atoms. The van der Waals surface area contributed by atoms with E-state index < -0.39 is 0 Å². The second-order valence-electron chi connectivity index (χ2n) is 7.37. The van der Waals surface area contributed by atoms with Gasteiger partial charge in [0.1, 0.15) is 0 Å². The smallest absolute Gasteiger partial charge is 0.0631 e. The van der Waals surface area contributed by atoms with Crippen LogP contribution < -0.4 is 0 Å². The van der Waals surface area contributed by atoms with E-state index >= 15 is 0 Å². The molecule has 0 fully saturated rings. The Morgan fingerprint density at radius 1 is 0.433 bits per heavy atom. The topological polar surface area (TPSA) is 0 Å². The largest absolute Gasteiger partial charge is 0.111 e. The Bertz CT molecular complexity index is 818. The van der Waals surface area contributed by atoms with Crippen molar-refractivity contribution in [2.24, 2.45) is 5.92 Å². The van der Waals surface area contributed by atoms with Gasteiger partial charge >= 0.3 is 0 Å². The molecule has 0 saturated heterocycles. The summed E-state index contributed by atoms with van der Waals surface area (Å²) >= 11 is 3.99. The number of hydrogen-bond acceptors (Lipinski definition) is 2. The molecule has 0 atom stereocenters. The van der Waals surface area contributed by atoms with Crippen molar-refractivity contribution in [2.75, 3.05) is 0 Å². The molecule has 0 saturated carbocycles. The van der Waals surface area contributed by atoms with E-state index in [2.05, 4.69) is 121 Å². The van der Waals surface area contributed by atoms with E-state index in [1.165, 1.54) is 20.9 Å². The molecular weight excluding hydrogens is 400 g/mol. The lowest BCUT2D eigenvalue weighted by Gasteiger charge is -2.27. The Morgan fingerprint density at radius 3 is 1.13 bits per heavy atom.